The maximum Gasteiger partial charge on any atom is 0.308 e. The molecule has 29 heavy (non-hydrogen) atoms. The maximum atomic E-state index is 13.3. The van der Waals surface area contributed by atoms with Crippen LogP contribution in [0.15, 0.2) is 30.3 Å². The molecule has 152 valence electrons. The highest BCUT2D eigenvalue weighted by atomic mass is 35.5. The number of phenols is 1. The molecule has 0 aliphatic rings. The van der Waals surface area contributed by atoms with E-state index in [0.29, 0.717) is 32.7 Å². The van der Waals surface area contributed by atoms with Gasteiger partial charge in [-0.05, 0) is 49.6 Å². The van der Waals surface area contributed by atoms with Crippen molar-refractivity contribution in [3.05, 3.63) is 57.2 Å². The van der Waals surface area contributed by atoms with Gasteiger partial charge in [-0.1, -0.05) is 37.0 Å². The second-order valence-electron chi connectivity index (χ2n) is 6.99. The zero-order chi connectivity index (χ0) is 21.5. The second-order valence-corrected chi connectivity index (χ2v) is 7.80. The highest BCUT2D eigenvalue weighted by Gasteiger charge is 2.27. The molecule has 0 saturated carbocycles. The molecule has 0 amide bonds. The molecule has 0 radical (unpaired) electrons. The van der Waals surface area contributed by atoms with Crippen LogP contribution >= 0.6 is 23.2 Å². The van der Waals surface area contributed by atoms with Crippen LogP contribution in [0.1, 0.15) is 54.7 Å². The molecule has 1 N–H and O–H groups in total. The molecule has 1 heterocycles. The van der Waals surface area contributed by atoms with Gasteiger partial charge < -0.3 is 9.84 Å². The monoisotopic (exact) mass is 433 g/mol. The molecule has 0 aliphatic carbocycles. The van der Waals surface area contributed by atoms with Crippen molar-refractivity contribution >= 4 is 46.0 Å². The Morgan fingerprint density at radius 3 is 2.38 bits per heavy atom. The lowest BCUT2D eigenvalue weighted by molar-refractivity contribution is -0.131. The Kier molecular flexibility index (Phi) is 5.92. The minimum Gasteiger partial charge on any atom is -0.506 e. The van der Waals surface area contributed by atoms with E-state index < -0.39 is 5.97 Å². The molecule has 0 spiro atoms. The fraction of sp³-hybridized carbons (Fsp3) is 0.273. The topological polar surface area (TPSA) is 68.5 Å². The number of benzene rings is 2. The van der Waals surface area contributed by atoms with Crippen LogP contribution in [-0.2, 0) is 4.79 Å². The number of carbonyl (C=O) groups excluding carboxylic acids is 2. The minimum atomic E-state index is -0.548. The Morgan fingerprint density at radius 1 is 1.21 bits per heavy atom. The number of esters is 1. The standard InChI is InChI=1S/C22H21Cl2NO4/c1-5-11(2)16-10-17-18(19(24)20(16)27)21(29-13(4)26)12(3)25(17)22(28)14-6-8-15(23)9-7-14/h6-11,27H,5H2,1-4H3/t11-/m1/s1. The molecule has 7 heteroatoms. The van der Waals surface area contributed by atoms with Crippen LogP contribution in [0.25, 0.3) is 10.9 Å². The number of phenolic OH excluding ortho intramolecular Hbond substituents is 1. The van der Waals surface area contributed by atoms with Crippen molar-refractivity contribution in [3.63, 3.8) is 0 Å². The molecule has 0 unspecified atom stereocenters. The van der Waals surface area contributed by atoms with Crippen LogP contribution in [0.3, 0.4) is 0 Å². The number of rotatable bonds is 4. The first-order chi connectivity index (χ1) is 13.7. The molecular weight excluding hydrogens is 413 g/mol. The van der Waals surface area contributed by atoms with E-state index in [-0.39, 0.29) is 28.3 Å². The number of nitrogens with zero attached hydrogens (tertiary/aromatic N) is 1. The van der Waals surface area contributed by atoms with Crippen LogP contribution in [0, 0.1) is 6.92 Å². The lowest BCUT2D eigenvalue weighted by atomic mass is 9.96. The normalized spacial score (nSPS) is 12.2. The van der Waals surface area contributed by atoms with Gasteiger partial charge in [0, 0.05) is 23.1 Å². The number of hydrogen-bond donors (Lipinski definition) is 1. The molecule has 0 fully saturated rings. The number of halogens is 2. The number of carbonyl (C=O) groups is 2. The third-order valence-corrected chi connectivity index (χ3v) is 5.68. The molecule has 2 aromatic carbocycles. The second kappa shape index (κ2) is 8.09. The number of aromatic nitrogens is 1. The summed E-state index contributed by atoms with van der Waals surface area (Å²) in [5, 5.41) is 11.6. The molecular formula is C22H21Cl2NO4. The third kappa shape index (κ3) is 3.72. The van der Waals surface area contributed by atoms with Crippen LogP contribution in [0.5, 0.6) is 11.5 Å². The maximum absolute atomic E-state index is 13.3. The molecule has 1 atom stereocenters. The SMILES string of the molecule is CC[C@@H](C)c1cc2c(c(Cl)c1O)c(OC(C)=O)c(C)n2C(=O)c1ccc(Cl)cc1. The van der Waals surface area contributed by atoms with Crippen LogP contribution in [0.2, 0.25) is 10.0 Å². The minimum absolute atomic E-state index is 0.0170. The highest BCUT2D eigenvalue weighted by molar-refractivity contribution is 6.38. The summed E-state index contributed by atoms with van der Waals surface area (Å²) in [5.41, 5.74) is 1.93. The Hall–Kier alpha value is -2.50. The van der Waals surface area contributed by atoms with Crippen molar-refractivity contribution < 1.29 is 19.4 Å². The third-order valence-electron chi connectivity index (χ3n) is 5.06. The lowest BCUT2D eigenvalue weighted by Crippen LogP contribution is -2.14. The number of hydrogen-bond acceptors (Lipinski definition) is 4. The summed E-state index contributed by atoms with van der Waals surface area (Å²) in [4.78, 5) is 25.0. The van der Waals surface area contributed by atoms with Crippen molar-refractivity contribution in [1.29, 1.82) is 0 Å². The fourth-order valence-electron chi connectivity index (χ4n) is 3.35. The van der Waals surface area contributed by atoms with Gasteiger partial charge in [-0.2, -0.15) is 0 Å². The van der Waals surface area contributed by atoms with Gasteiger partial charge in [0.25, 0.3) is 5.91 Å². The first kappa shape index (κ1) is 21.2. The summed E-state index contributed by atoms with van der Waals surface area (Å²) >= 11 is 12.4. The smallest absolute Gasteiger partial charge is 0.308 e. The summed E-state index contributed by atoms with van der Waals surface area (Å²) in [5.74, 6) is -0.765. The summed E-state index contributed by atoms with van der Waals surface area (Å²) in [6, 6.07) is 8.25. The number of fused-ring (bicyclic) bond motifs is 1. The van der Waals surface area contributed by atoms with Gasteiger partial charge in [-0.25, -0.2) is 0 Å². The summed E-state index contributed by atoms with van der Waals surface area (Å²) in [6.07, 6.45) is 0.775. The highest BCUT2D eigenvalue weighted by Crippen LogP contribution is 2.46. The Bertz CT molecular complexity index is 1120. The van der Waals surface area contributed by atoms with Gasteiger partial charge in [0.15, 0.2) is 5.75 Å². The van der Waals surface area contributed by atoms with E-state index in [4.69, 9.17) is 27.9 Å². The quantitative estimate of drug-likeness (QED) is 0.505. The van der Waals surface area contributed by atoms with E-state index in [1.54, 1.807) is 37.3 Å². The molecule has 0 saturated heterocycles. The van der Waals surface area contributed by atoms with Crippen molar-refractivity contribution in [2.75, 3.05) is 0 Å². The molecule has 0 bridgehead atoms. The Morgan fingerprint density at radius 2 is 1.83 bits per heavy atom. The van der Waals surface area contributed by atoms with Crippen molar-refractivity contribution in [3.8, 4) is 11.5 Å². The van der Waals surface area contributed by atoms with E-state index >= 15 is 0 Å². The Labute approximate surface area is 178 Å². The first-order valence-electron chi connectivity index (χ1n) is 9.22. The molecule has 3 rings (SSSR count). The van der Waals surface area contributed by atoms with E-state index in [9.17, 15) is 14.7 Å². The average Bonchev–Trinajstić information content (AvgIpc) is 2.95. The molecule has 0 aliphatic heterocycles. The van der Waals surface area contributed by atoms with Gasteiger partial charge in [-0.15, -0.1) is 0 Å². The van der Waals surface area contributed by atoms with E-state index in [2.05, 4.69) is 0 Å². The van der Waals surface area contributed by atoms with Crippen molar-refractivity contribution in [1.82, 2.24) is 4.57 Å². The van der Waals surface area contributed by atoms with Gasteiger partial charge in [0.2, 0.25) is 0 Å². The lowest BCUT2D eigenvalue weighted by Gasteiger charge is -2.14. The van der Waals surface area contributed by atoms with E-state index in [1.807, 2.05) is 13.8 Å². The average molecular weight is 434 g/mol. The predicted octanol–water partition coefficient (Wildman–Crippen LogP) is 6.09. The number of aromatic hydroxyl groups is 1. The van der Waals surface area contributed by atoms with E-state index in [1.165, 1.54) is 11.5 Å². The molecule has 5 nitrogen and oxygen atoms in total. The predicted molar refractivity (Wildman–Crippen MR) is 115 cm³/mol. The summed E-state index contributed by atoms with van der Waals surface area (Å²) in [7, 11) is 0. The van der Waals surface area contributed by atoms with Gasteiger partial charge in [0.05, 0.1) is 21.6 Å². The largest absolute Gasteiger partial charge is 0.506 e. The summed E-state index contributed by atoms with van der Waals surface area (Å²) in [6.45, 7) is 6.90. The fourth-order valence-corrected chi connectivity index (χ4v) is 3.77. The van der Waals surface area contributed by atoms with Crippen molar-refractivity contribution in [2.45, 2.75) is 40.0 Å². The van der Waals surface area contributed by atoms with Gasteiger partial charge in [0.1, 0.15) is 5.75 Å². The summed E-state index contributed by atoms with van der Waals surface area (Å²) < 4.78 is 6.83. The first-order valence-corrected chi connectivity index (χ1v) is 9.97. The zero-order valence-electron chi connectivity index (χ0n) is 16.5. The van der Waals surface area contributed by atoms with Gasteiger partial charge in [-0.3, -0.25) is 14.2 Å². The van der Waals surface area contributed by atoms with Crippen LogP contribution < -0.4 is 4.74 Å². The van der Waals surface area contributed by atoms with Crippen LogP contribution in [-0.4, -0.2) is 21.6 Å². The number of ether oxygens (including phenoxy) is 1. The molecule has 1 aromatic heterocycles. The van der Waals surface area contributed by atoms with Crippen molar-refractivity contribution in [2.24, 2.45) is 0 Å². The molecule has 3 aromatic rings. The Balaban J connectivity index is 2.37. The van der Waals surface area contributed by atoms with Gasteiger partial charge >= 0.3 is 5.97 Å². The van der Waals surface area contributed by atoms with E-state index in [0.717, 1.165) is 6.42 Å². The van der Waals surface area contributed by atoms with Crippen LogP contribution in [0.4, 0.5) is 0 Å². The zero-order valence-corrected chi connectivity index (χ0v) is 18.1.